The molecule has 0 aliphatic carbocycles. The first-order valence-electron chi connectivity index (χ1n) is 7.85. The standard InChI is InChI=1S/C17H25NO3/c18-17(19)15(14-8-2-1-3-9-14)10-4-6-12-20-16-11-5-7-13-21-16/h1-3,8-9,15-16H,4-7,10-13H2,(H2,18,19). The zero-order valence-electron chi connectivity index (χ0n) is 12.5. The monoisotopic (exact) mass is 291 g/mol. The summed E-state index contributed by atoms with van der Waals surface area (Å²) in [6.07, 6.45) is 5.91. The van der Waals surface area contributed by atoms with Crippen LogP contribution in [0.2, 0.25) is 0 Å². The van der Waals surface area contributed by atoms with Crippen molar-refractivity contribution in [1.82, 2.24) is 0 Å². The molecule has 1 fully saturated rings. The lowest BCUT2D eigenvalue weighted by Gasteiger charge is -2.22. The number of hydrogen-bond donors (Lipinski definition) is 1. The van der Waals surface area contributed by atoms with Crippen LogP contribution < -0.4 is 5.73 Å². The maximum atomic E-state index is 11.6. The highest BCUT2D eigenvalue weighted by Gasteiger charge is 2.17. The quantitative estimate of drug-likeness (QED) is 0.749. The highest BCUT2D eigenvalue weighted by molar-refractivity contribution is 5.81. The maximum absolute atomic E-state index is 11.6. The maximum Gasteiger partial charge on any atom is 0.224 e. The molecule has 2 rings (SSSR count). The molecule has 0 bridgehead atoms. The number of amides is 1. The van der Waals surface area contributed by atoms with Crippen molar-refractivity contribution in [2.24, 2.45) is 5.73 Å². The summed E-state index contributed by atoms with van der Waals surface area (Å²) in [5.74, 6) is -0.449. The van der Waals surface area contributed by atoms with Gasteiger partial charge < -0.3 is 15.2 Å². The lowest BCUT2D eigenvalue weighted by Crippen LogP contribution is -2.23. The molecular formula is C17H25NO3. The minimum absolute atomic E-state index is 0.0280. The van der Waals surface area contributed by atoms with Crippen molar-refractivity contribution >= 4 is 5.91 Å². The van der Waals surface area contributed by atoms with E-state index in [0.29, 0.717) is 6.61 Å². The fourth-order valence-corrected chi connectivity index (χ4v) is 2.67. The normalized spacial score (nSPS) is 20.1. The Bertz CT molecular complexity index is 415. The van der Waals surface area contributed by atoms with E-state index in [-0.39, 0.29) is 18.1 Å². The molecule has 1 aliphatic rings. The molecule has 0 saturated carbocycles. The van der Waals surface area contributed by atoms with Crippen LogP contribution in [0.5, 0.6) is 0 Å². The molecular weight excluding hydrogens is 266 g/mol. The van der Waals surface area contributed by atoms with Gasteiger partial charge in [-0.15, -0.1) is 0 Å². The van der Waals surface area contributed by atoms with E-state index in [0.717, 1.165) is 44.3 Å². The lowest BCUT2D eigenvalue weighted by atomic mass is 9.93. The second kappa shape index (κ2) is 8.80. The molecule has 0 aromatic heterocycles. The first kappa shape index (κ1) is 16.0. The van der Waals surface area contributed by atoms with Gasteiger partial charge in [0.25, 0.3) is 0 Å². The molecule has 21 heavy (non-hydrogen) atoms. The molecule has 1 aromatic rings. The fraction of sp³-hybridized carbons (Fsp3) is 0.588. The number of rotatable bonds is 8. The van der Waals surface area contributed by atoms with Gasteiger partial charge in [0.15, 0.2) is 6.29 Å². The fourth-order valence-electron chi connectivity index (χ4n) is 2.67. The third-order valence-electron chi connectivity index (χ3n) is 3.87. The number of hydrogen-bond acceptors (Lipinski definition) is 3. The van der Waals surface area contributed by atoms with Crippen molar-refractivity contribution in [3.8, 4) is 0 Å². The Kier molecular flexibility index (Phi) is 6.70. The zero-order valence-corrected chi connectivity index (χ0v) is 12.5. The predicted molar refractivity (Wildman–Crippen MR) is 81.8 cm³/mol. The third-order valence-corrected chi connectivity index (χ3v) is 3.87. The number of nitrogens with two attached hydrogens (primary N) is 1. The summed E-state index contributed by atoms with van der Waals surface area (Å²) in [5.41, 5.74) is 6.51. The van der Waals surface area contributed by atoms with E-state index in [9.17, 15) is 4.79 Å². The Hall–Kier alpha value is -1.39. The molecule has 1 aromatic carbocycles. The Labute approximate surface area is 126 Å². The SMILES string of the molecule is NC(=O)C(CCCCOC1CCCCO1)c1ccccc1. The van der Waals surface area contributed by atoms with Crippen molar-refractivity contribution in [1.29, 1.82) is 0 Å². The Morgan fingerprint density at radius 2 is 2.10 bits per heavy atom. The molecule has 1 amide bonds. The second-order valence-corrected chi connectivity index (χ2v) is 5.53. The molecule has 1 saturated heterocycles. The number of primary amides is 1. The number of ether oxygens (including phenoxy) is 2. The van der Waals surface area contributed by atoms with Crippen LogP contribution >= 0.6 is 0 Å². The van der Waals surface area contributed by atoms with Gasteiger partial charge in [-0.1, -0.05) is 36.8 Å². The van der Waals surface area contributed by atoms with Gasteiger partial charge in [-0.05, 0) is 37.7 Å². The topological polar surface area (TPSA) is 61.6 Å². The van der Waals surface area contributed by atoms with Gasteiger partial charge in [-0.2, -0.15) is 0 Å². The van der Waals surface area contributed by atoms with E-state index in [4.69, 9.17) is 15.2 Å². The van der Waals surface area contributed by atoms with Crippen molar-refractivity contribution in [2.75, 3.05) is 13.2 Å². The summed E-state index contributed by atoms with van der Waals surface area (Å²) in [7, 11) is 0. The molecule has 4 nitrogen and oxygen atoms in total. The first-order chi connectivity index (χ1) is 10.3. The number of carbonyl (C=O) groups is 1. The van der Waals surface area contributed by atoms with Crippen LogP contribution in [0.15, 0.2) is 30.3 Å². The van der Waals surface area contributed by atoms with Gasteiger partial charge in [-0.25, -0.2) is 0 Å². The first-order valence-corrected chi connectivity index (χ1v) is 7.85. The van der Waals surface area contributed by atoms with Crippen LogP contribution in [0.25, 0.3) is 0 Å². The third kappa shape index (κ3) is 5.48. The Morgan fingerprint density at radius 1 is 1.29 bits per heavy atom. The van der Waals surface area contributed by atoms with Crippen molar-refractivity contribution in [3.05, 3.63) is 35.9 Å². The van der Waals surface area contributed by atoms with Crippen molar-refractivity contribution < 1.29 is 14.3 Å². The van der Waals surface area contributed by atoms with E-state index in [2.05, 4.69) is 0 Å². The molecule has 1 heterocycles. The average molecular weight is 291 g/mol. The predicted octanol–water partition coefficient (Wildman–Crippen LogP) is 2.97. The van der Waals surface area contributed by atoms with E-state index in [1.54, 1.807) is 0 Å². The number of unbranched alkanes of at least 4 members (excludes halogenated alkanes) is 1. The lowest BCUT2D eigenvalue weighted by molar-refractivity contribution is -0.162. The molecule has 4 heteroatoms. The second-order valence-electron chi connectivity index (χ2n) is 5.53. The number of benzene rings is 1. The van der Waals surface area contributed by atoms with Gasteiger partial charge in [0.05, 0.1) is 5.92 Å². The summed E-state index contributed by atoms with van der Waals surface area (Å²) in [4.78, 5) is 11.6. The highest BCUT2D eigenvalue weighted by atomic mass is 16.7. The molecule has 1 aliphatic heterocycles. The molecule has 2 unspecified atom stereocenters. The summed E-state index contributed by atoms with van der Waals surface area (Å²) in [6, 6.07) is 9.74. The van der Waals surface area contributed by atoms with Crippen LogP contribution in [-0.2, 0) is 14.3 Å². The smallest absolute Gasteiger partial charge is 0.224 e. The van der Waals surface area contributed by atoms with Gasteiger partial charge in [0.2, 0.25) is 5.91 Å². The Balaban J connectivity index is 1.67. The summed E-state index contributed by atoms with van der Waals surface area (Å²) < 4.78 is 11.2. The van der Waals surface area contributed by atoms with E-state index in [1.165, 1.54) is 6.42 Å². The molecule has 0 spiro atoms. The largest absolute Gasteiger partial charge is 0.369 e. The molecule has 0 radical (unpaired) electrons. The van der Waals surface area contributed by atoms with E-state index >= 15 is 0 Å². The van der Waals surface area contributed by atoms with Crippen LogP contribution in [0.3, 0.4) is 0 Å². The number of carbonyl (C=O) groups excluding carboxylic acids is 1. The zero-order chi connectivity index (χ0) is 14.9. The summed E-state index contributed by atoms with van der Waals surface area (Å²) >= 11 is 0. The van der Waals surface area contributed by atoms with E-state index in [1.807, 2.05) is 30.3 Å². The summed E-state index contributed by atoms with van der Waals surface area (Å²) in [5, 5.41) is 0. The van der Waals surface area contributed by atoms with Gasteiger partial charge in [0, 0.05) is 13.2 Å². The molecule has 2 atom stereocenters. The van der Waals surface area contributed by atoms with Gasteiger partial charge >= 0.3 is 0 Å². The van der Waals surface area contributed by atoms with Gasteiger partial charge in [-0.3, -0.25) is 4.79 Å². The minimum atomic E-state index is -0.252. The van der Waals surface area contributed by atoms with Crippen LogP contribution in [0.4, 0.5) is 0 Å². The molecule has 2 N–H and O–H groups in total. The highest BCUT2D eigenvalue weighted by Crippen LogP contribution is 2.22. The van der Waals surface area contributed by atoms with Crippen LogP contribution in [0, 0.1) is 0 Å². The Morgan fingerprint density at radius 3 is 2.76 bits per heavy atom. The average Bonchev–Trinajstić information content (AvgIpc) is 2.52. The minimum Gasteiger partial charge on any atom is -0.369 e. The molecule has 116 valence electrons. The van der Waals surface area contributed by atoms with E-state index < -0.39 is 0 Å². The van der Waals surface area contributed by atoms with Crippen molar-refractivity contribution in [2.45, 2.75) is 50.7 Å². The van der Waals surface area contributed by atoms with Crippen molar-refractivity contribution in [3.63, 3.8) is 0 Å². The van der Waals surface area contributed by atoms with Gasteiger partial charge in [0.1, 0.15) is 0 Å². The summed E-state index contributed by atoms with van der Waals surface area (Å²) in [6.45, 7) is 1.49. The van der Waals surface area contributed by atoms with Crippen LogP contribution in [0.1, 0.15) is 50.0 Å². The van der Waals surface area contributed by atoms with Crippen LogP contribution in [-0.4, -0.2) is 25.4 Å².